The van der Waals surface area contributed by atoms with Crippen LogP contribution in [0, 0.1) is 0 Å². The zero-order chi connectivity index (χ0) is 24.7. The van der Waals surface area contributed by atoms with Crippen molar-refractivity contribution < 1.29 is 24.4 Å². The van der Waals surface area contributed by atoms with Crippen molar-refractivity contribution in [3.05, 3.63) is 63.4 Å². The summed E-state index contributed by atoms with van der Waals surface area (Å²) in [5.74, 6) is 1.80. The standard InChI is InChI=1S/C28H29NO5S/c1-16-14-28(2,3)29-19-6-5-18-25(24(16)19)22(13-23-17(9-12-35-23)15-33-11-10-30)34-21-8-7-20(31)27(32-4)26(18)21/h5-9,12-14,29-31H,10-11,15H2,1-4H3/b22-13-. The minimum absolute atomic E-state index is 0.0103. The maximum atomic E-state index is 10.5. The highest BCUT2D eigenvalue weighted by Gasteiger charge is 2.33. The van der Waals surface area contributed by atoms with E-state index in [0.717, 1.165) is 49.7 Å². The van der Waals surface area contributed by atoms with E-state index < -0.39 is 0 Å². The molecule has 182 valence electrons. The van der Waals surface area contributed by atoms with Gasteiger partial charge in [0.1, 0.15) is 11.5 Å². The van der Waals surface area contributed by atoms with Gasteiger partial charge in [0.25, 0.3) is 0 Å². The number of aliphatic hydroxyl groups is 1. The number of nitrogens with one attached hydrogen (secondary N) is 1. The molecule has 0 fully saturated rings. The highest BCUT2D eigenvalue weighted by molar-refractivity contribution is 7.11. The molecule has 0 saturated carbocycles. The van der Waals surface area contributed by atoms with Gasteiger partial charge in [-0.2, -0.15) is 0 Å². The molecule has 0 amide bonds. The van der Waals surface area contributed by atoms with E-state index in [1.165, 1.54) is 0 Å². The van der Waals surface area contributed by atoms with Gasteiger partial charge in [0.15, 0.2) is 11.5 Å². The van der Waals surface area contributed by atoms with Crippen LogP contribution in [0.1, 0.15) is 42.3 Å². The lowest BCUT2D eigenvalue weighted by Gasteiger charge is -2.35. The molecule has 35 heavy (non-hydrogen) atoms. The number of fused-ring (bicyclic) bond motifs is 5. The Balaban J connectivity index is 1.74. The molecule has 6 nitrogen and oxygen atoms in total. The summed E-state index contributed by atoms with van der Waals surface area (Å²) < 4.78 is 17.7. The van der Waals surface area contributed by atoms with Crippen LogP contribution in [0.4, 0.5) is 5.69 Å². The molecule has 0 unspecified atom stereocenters. The lowest BCUT2D eigenvalue weighted by atomic mass is 9.83. The van der Waals surface area contributed by atoms with Crippen LogP contribution >= 0.6 is 11.3 Å². The van der Waals surface area contributed by atoms with Gasteiger partial charge in [-0.05, 0) is 67.6 Å². The molecule has 3 aromatic rings. The van der Waals surface area contributed by atoms with Crippen LogP contribution in [0.15, 0.2) is 41.8 Å². The number of hydrogen-bond acceptors (Lipinski definition) is 7. The Morgan fingerprint density at radius 2 is 1.94 bits per heavy atom. The Bertz CT molecular complexity index is 1350. The third-order valence-electron chi connectivity index (χ3n) is 6.21. The summed E-state index contributed by atoms with van der Waals surface area (Å²) in [7, 11) is 1.55. The fourth-order valence-corrected chi connectivity index (χ4v) is 5.74. The normalized spacial score (nSPS) is 16.5. The maximum absolute atomic E-state index is 10.5. The SMILES string of the molecule is COc1c(O)ccc2c1-c1ccc3c(c1/C(=C/c1sccc1COCCO)O2)C(C)=CC(C)(C)N3. The van der Waals surface area contributed by atoms with Crippen LogP contribution in [-0.4, -0.2) is 36.1 Å². The van der Waals surface area contributed by atoms with E-state index in [4.69, 9.17) is 19.3 Å². The van der Waals surface area contributed by atoms with Gasteiger partial charge in [0.05, 0.1) is 38.0 Å². The predicted octanol–water partition coefficient (Wildman–Crippen LogP) is 6.14. The molecule has 0 radical (unpaired) electrons. The molecular weight excluding hydrogens is 462 g/mol. The van der Waals surface area contributed by atoms with Gasteiger partial charge in [-0.3, -0.25) is 0 Å². The van der Waals surface area contributed by atoms with E-state index in [9.17, 15) is 5.11 Å². The molecule has 3 N–H and O–H groups in total. The molecule has 2 aliphatic rings. The van der Waals surface area contributed by atoms with Crippen molar-refractivity contribution in [2.24, 2.45) is 0 Å². The molecule has 0 bridgehead atoms. The van der Waals surface area contributed by atoms with Crippen molar-refractivity contribution in [1.29, 1.82) is 0 Å². The first-order valence-electron chi connectivity index (χ1n) is 11.5. The van der Waals surface area contributed by atoms with Crippen LogP contribution in [0.2, 0.25) is 0 Å². The van der Waals surface area contributed by atoms with Gasteiger partial charge in [0.2, 0.25) is 0 Å². The van der Waals surface area contributed by atoms with Crippen molar-refractivity contribution in [1.82, 2.24) is 0 Å². The van der Waals surface area contributed by atoms with Crippen molar-refractivity contribution in [2.45, 2.75) is 32.9 Å². The monoisotopic (exact) mass is 491 g/mol. The zero-order valence-electron chi connectivity index (χ0n) is 20.3. The molecule has 0 spiro atoms. The largest absolute Gasteiger partial charge is 0.504 e. The molecule has 2 aromatic carbocycles. The highest BCUT2D eigenvalue weighted by Crippen LogP contribution is 2.54. The maximum Gasteiger partial charge on any atom is 0.172 e. The minimum Gasteiger partial charge on any atom is -0.504 e. The third-order valence-corrected chi connectivity index (χ3v) is 7.11. The fourth-order valence-electron chi connectivity index (χ4n) is 4.91. The first-order chi connectivity index (χ1) is 16.8. The smallest absolute Gasteiger partial charge is 0.172 e. The second-order valence-electron chi connectivity index (χ2n) is 9.27. The lowest BCUT2D eigenvalue weighted by molar-refractivity contribution is 0.0816. The van der Waals surface area contributed by atoms with E-state index in [-0.39, 0.29) is 17.9 Å². The number of ether oxygens (including phenoxy) is 3. The molecule has 2 aliphatic heterocycles. The number of methoxy groups -OCH3 is 1. The number of hydrogen-bond donors (Lipinski definition) is 3. The van der Waals surface area contributed by atoms with Crippen LogP contribution in [0.5, 0.6) is 17.2 Å². The summed E-state index contributed by atoms with van der Waals surface area (Å²) in [6.45, 7) is 7.10. The van der Waals surface area contributed by atoms with Crippen molar-refractivity contribution in [3.8, 4) is 28.4 Å². The summed E-state index contributed by atoms with van der Waals surface area (Å²) >= 11 is 1.61. The first kappa shape index (κ1) is 23.5. The molecule has 0 saturated heterocycles. The molecular formula is C28H29NO5S. The summed E-state index contributed by atoms with van der Waals surface area (Å²) in [5.41, 5.74) is 6.73. The minimum atomic E-state index is -0.177. The third kappa shape index (κ3) is 4.20. The van der Waals surface area contributed by atoms with Crippen molar-refractivity contribution >= 4 is 34.4 Å². The number of phenolic OH excluding ortho intramolecular Hbond substituents is 1. The lowest BCUT2D eigenvalue weighted by Crippen LogP contribution is -2.32. The van der Waals surface area contributed by atoms with Crippen LogP contribution < -0.4 is 14.8 Å². The summed E-state index contributed by atoms with van der Waals surface area (Å²) in [5, 5.41) is 25.2. The Morgan fingerprint density at radius 3 is 2.71 bits per heavy atom. The van der Waals surface area contributed by atoms with E-state index in [2.05, 4.69) is 50.4 Å². The molecule has 5 rings (SSSR count). The summed E-state index contributed by atoms with van der Waals surface area (Å²) in [6, 6.07) is 9.54. The van der Waals surface area contributed by atoms with Gasteiger partial charge < -0.3 is 29.7 Å². The predicted molar refractivity (Wildman–Crippen MR) is 141 cm³/mol. The van der Waals surface area contributed by atoms with Gasteiger partial charge in [-0.25, -0.2) is 0 Å². The highest BCUT2D eigenvalue weighted by atomic mass is 32.1. The summed E-state index contributed by atoms with van der Waals surface area (Å²) in [4.78, 5) is 1.03. The van der Waals surface area contributed by atoms with E-state index in [0.29, 0.717) is 24.7 Å². The average Bonchev–Trinajstić information content (AvgIpc) is 3.25. The molecule has 0 aliphatic carbocycles. The number of allylic oxidation sites excluding steroid dienone is 1. The quantitative estimate of drug-likeness (QED) is 0.360. The number of aliphatic hydroxyl groups excluding tert-OH is 1. The van der Waals surface area contributed by atoms with Crippen LogP contribution in [0.3, 0.4) is 0 Å². The van der Waals surface area contributed by atoms with Crippen LogP contribution in [-0.2, 0) is 11.3 Å². The Labute approximate surface area is 209 Å². The van der Waals surface area contributed by atoms with E-state index in [1.807, 2.05) is 11.4 Å². The van der Waals surface area contributed by atoms with E-state index >= 15 is 0 Å². The van der Waals surface area contributed by atoms with E-state index in [1.54, 1.807) is 30.6 Å². The molecule has 3 heterocycles. The van der Waals surface area contributed by atoms with Crippen molar-refractivity contribution in [3.63, 3.8) is 0 Å². The molecule has 7 heteroatoms. The van der Waals surface area contributed by atoms with Gasteiger partial charge in [0, 0.05) is 27.3 Å². The number of aromatic hydroxyl groups is 1. The Morgan fingerprint density at radius 1 is 1.11 bits per heavy atom. The molecule has 0 atom stereocenters. The Kier molecular flexibility index (Phi) is 6.09. The zero-order valence-corrected chi connectivity index (χ0v) is 21.1. The number of anilines is 1. The number of rotatable bonds is 6. The van der Waals surface area contributed by atoms with Gasteiger partial charge in [-0.15, -0.1) is 11.3 Å². The Hall–Kier alpha value is -3.26. The first-order valence-corrected chi connectivity index (χ1v) is 12.4. The molecule has 1 aromatic heterocycles. The van der Waals surface area contributed by atoms with Gasteiger partial charge in [-0.1, -0.05) is 12.1 Å². The van der Waals surface area contributed by atoms with Crippen LogP contribution in [0.25, 0.3) is 28.5 Å². The second kappa shape index (κ2) is 9.07. The average molecular weight is 492 g/mol. The van der Waals surface area contributed by atoms with Gasteiger partial charge >= 0.3 is 0 Å². The summed E-state index contributed by atoms with van der Waals surface area (Å²) in [6.07, 6.45) is 4.28. The van der Waals surface area contributed by atoms with Crippen molar-refractivity contribution in [2.75, 3.05) is 25.6 Å². The number of phenols is 1. The second-order valence-corrected chi connectivity index (χ2v) is 10.2. The number of benzene rings is 2. The fraction of sp³-hybridized carbons (Fsp3) is 0.286. The topological polar surface area (TPSA) is 80.2 Å². The number of thiophene rings is 1.